The van der Waals surface area contributed by atoms with E-state index < -0.39 is 0 Å². The molecule has 0 saturated heterocycles. The topological polar surface area (TPSA) is 0 Å². The van der Waals surface area contributed by atoms with Crippen LogP contribution in [0.5, 0.6) is 0 Å². The first-order valence-electron chi connectivity index (χ1n) is 5.59. The van der Waals surface area contributed by atoms with E-state index in [1.807, 2.05) is 0 Å². The molecule has 13 heavy (non-hydrogen) atoms. The number of halogens is 2. The Bertz CT molecular complexity index is 249. The van der Waals surface area contributed by atoms with Crippen molar-refractivity contribution in [3.05, 3.63) is 0 Å². The summed E-state index contributed by atoms with van der Waals surface area (Å²) in [5, 5.41) is 0. The average molecular weight is 306 g/mol. The Morgan fingerprint density at radius 3 is 1.92 bits per heavy atom. The van der Waals surface area contributed by atoms with Gasteiger partial charge in [0.05, 0.1) is 3.23 Å². The summed E-state index contributed by atoms with van der Waals surface area (Å²) in [4.78, 5) is 0. The second-order valence-electron chi connectivity index (χ2n) is 5.55. The Hall–Kier alpha value is 0.960. The Morgan fingerprint density at radius 2 is 1.38 bits per heavy atom. The van der Waals surface area contributed by atoms with Gasteiger partial charge in [0.2, 0.25) is 0 Å². The van der Waals surface area contributed by atoms with Crippen molar-refractivity contribution < 1.29 is 0 Å². The van der Waals surface area contributed by atoms with Crippen LogP contribution in [0, 0.1) is 35.5 Å². The first kappa shape index (κ1) is 8.15. The SMILES string of the molecule is BrC1(Br)[C@H]2[C@H]1[C@H]1CCC3CC[C@H]2C31. The third-order valence-electron chi connectivity index (χ3n) is 5.36. The molecular formula is C11H14Br2. The summed E-state index contributed by atoms with van der Waals surface area (Å²) in [6.07, 6.45) is 6.16. The lowest BCUT2D eigenvalue weighted by atomic mass is 9.87. The molecule has 0 aromatic carbocycles. The molecule has 0 N–H and O–H groups in total. The molecule has 4 aliphatic carbocycles. The van der Waals surface area contributed by atoms with Crippen molar-refractivity contribution in [3.8, 4) is 0 Å². The first-order chi connectivity index (χ1) is 6.21. The van der Waals surface area contributed by atoms with Crippen LogP contribution in [0.15, 0.2) is 0 Å². The highest BCUT2D eigenvalue weighted by Gasteiger charge is 2.76. The molecule has 4 fully saturated rings. The molecule has 4 aliphatic rings. The molecule has 0 aromatic heterocycles. The zero-order valence-electron chi connectivity index (χ0n) is 7.55. The zero-order valence-corrected chi connectivity index (χ0v) is 10.7. The van der Waals surface area contributed by atoms with Crippen LogP contribution in [0.25, 0.3) is 0 Å². The molecule has 4 rings (SSSR count). The molecule has 0 unspecified atom stereocenters. The molecule has 72 valence electrons. The summed E-state index contributed by atoms with van der Waals surface area (Å²) in [5.74, 6) is 6.44. The van der Waals surface area contributed by atoms with Crippen LogP contribution < -0.4 is 0 Å². The van der Waals surface area contributed by atoms with E-state index >= 15 is 0 Å². The predicted octanol–water partition coefficient (Wildman–Crippen LogP) is 3.78. The molecule has 0 spiro atoms. The summed E-state index contributed by atoms with van der Waals surface area (Å²) < 4.78 is 0.380. The van der Waals surface area contributed by atoms with Crippen LogP contribution >= 0.6 is 31.9 Å². The average Bonchev–Trinajstić information content (AvgIpc) is 2.56. The Kier molecular flexibility index (Phi) is 1.39. The van der Waals surface area contributed by atoms with Crippen LogP contribution in [-0.2, 0) is 0 Å². The number of fused-ring (bicyclic) bond motifs is 3. The van der Waals surface area contributed by atoms with Crippen LogP contribution in [0.2, 0.25) is 0 Å². The van der Waals surface area contributed by atoms with Gasteiger partial charge in [-0.3, -0.25) is 0 Å². The summed E-state index contributed by atoms with van der Waals surface area (Å²) in [7, 11) is 0. The van der Waals surface area contributed by atoms with E-state index in [0.717, 1.165) is 35.5 Å². The van der Waals surface area contributed by atoms with Gasteiger partial charge in [-0.1, -0.05) is 31.9 Å². The zero-order chi connectivity index (χ0) is 8.79. The van der Waals surface area contributed by atoms with Crippen molar-refractivity contribution >= 4 is 31.9 Å². The number of alkyl halides is 2. The van der Waals surface area contributed by atoms with Crippen molar-refractivity contribution in [1.29, 1.82) is 0 Å². The second kappa shape index (κ2) is 2.21. The molecule has 0 aliphatic heterocycles. The summed E-state index contributed by atoms with van der Waals surface area (Å²) in [6.45, 7) is 0. The van der Waals surface area contributed by atoms with Gasteiger partial charge >= 0.3 is 0 Å². The lowest BCUT2D eigenvalue weighted by Gasteiger charge is -2.22. The standard InChI is InChI=1S/C11H14Br2/c12-11(13)9-6-3-1-5-2-4-7(8(5)6)10(9)11/h5-10H,1-4H2/t5?,6-,7-,8?,9+,10+/m0/s1. The first-order valence-corrected chi connectivity index (χ1v) is 7.17. The highest BCUT2D eigenvalue weighted by atomic mass is 79.9. The minimum Gasteiger partial charge on any atom is -0.0721 e. The second-order valence-corrected chi connectivity index (χ2v) is 9.23. The molecule has 0 nitrogen and oxygen atoms in total. The Balaban J connectivity index is 1.77. The van der Waals surface area contributed by atoms with E-state index in [1.54, 1.807) is 12.8 Å². The molecule has 0 amide bonds. The third-order valence-corrected chi connectivity index (χ3v) is 7.48. The van der Waals surface area contributed by atoms with Gasteiger partial charge in [-0.2, -0.15) is 0 Å². The molecule has 0 aromatic rings. The number of hydrogen-bond acceptors (Lipinski definition) is 0. The van der Waals surface area contributed by atoms with Crippen LogP contribution in [0.1, 0.15) is 25.7 Å². The van der Waals surface area contributed by atoms with Crippen LogP contribution in [0.3, 0.4) is 0 Å². The Morgan fingerprint density at radius 1 is 0.846 bits per heavy atom. The molecule has 0 bridgehead atoms. The van der Waals surface area contributed by atoms with Crippen molar-refractivity contribution in [1.82, 2.24) is 0 Å². The fourth-order valence-electron chi connectivity index (χ4n) is 5.06. The van der Waals surface area contributed by atoms with Gasteiger partial charge in [-0.15, -0.1) is 0 Å². The van der Waals surface area contributed by atoms with Gasteiger partial charge in [-0.25, -0.2) is 0 Å². The summed E-state index contributed by atoms with van der Waals surface area (Å²) in [6, 6.07) is 0. The predicted molar refractivity (Wildman–Crippen MR) is 60.0 cm³/mol. The van der Waals surface area contributed by atoms with Gasteiger partial charge in [0.25, 0.3) is 0 Å². The minimum absolute atomic E-state index is 0.380. The summed E-state index contributed by atoms with van der Waals surface area (Å²) in [5.41, 5.74) is 0. The largest absolute Gasteiger partial charge is 0.0874 e. The van der Waals surface area contributed by atoms with Crippen molar-refractivity contribution in [2.45, 2.75) is 28.9 Å². The van der Waals surface area contributed by atoms with E-state index in [1.165, 1.54) is 12.8 Å². The molecule has 2 heteroatoms. The number of hydrogen-bond donors (Lipinski definition) is 0. The minimum atomic E-state index is 0.380. The molecule has 0 heterocycles. The van der Waals surface area contributed by atoms with Crippen LogP contribution in [0.4, 0.5) is 0 Å². The monoisotopic (exact) mass is 304 g/mol. The lowest BCUT2D eigenvalue weighted by Crippen LogP contribution is -2.19. The maximum Gasteiger partial charge on any atom is 0.0874 e. The van der Waals surface area contributed by atoms with Crippen molar-refractivity contribution in [2.75, 3.05) is 0 Å². The van der Waals surface area contributed by atoms with E-state index in [4.69, 9.17) is 0 Å². The molecular weight excluding hydrogens is 292 g/mol. The van der Waals surface area contributed by atoms with Crippen LogP contribution in [-0.4, -0.2) is 3.23 Å². The van der Waals surface area contributed by atoms with Gasteiger partial charge in [-0.05, 0) is 61.2 Å². The maximum absolute atomic E-state index is 3.88. The van der Waals surface area contributed by atoms with Crippen molar-refractivity contribution in [3.63, 3.8) is 0 Å². The van der Waals surface area contributed by atoms with E-state index in [2.05, 4.69) is 31.9 Å². The lowest BCUT2D eigenvalue weighted by molar-refractivity contribution is 0.303. The van der Waals surface area contributed by atoms with E-state index in [0.29, 0.717) is 3.23 Å². The summed E-state index contributed by atoms with van der Waals surface area (Å²) >= 11 is 7.76. The number of rotatable bonds is 0. The van der Waals surface area contributed by atoms with E-state index in [-0.39, 0.29) is 0 Å². The van der Waals surface area contributed by atoms with E-state index in [9.17, 15) is 0 Å². The van der Waals surface area contributed by atoms with Gasteiger partial charge in [0.15, 0.2) is 0 Å². The normalized spacial score (nSPS) is 65.1. The molecule has 4 saturated carbocycles. The molecule has 0 radical (unpaired) electrons. The highest BCUT2D eigenvalue weighted by Crippen LogP contribution is 2.80. The quantitative estimate of drug-likeness (QED) is 0.597. The maximum atomic E-state index is 3.88. The van der Waals surface area contributed by atoms with Crippen molar-refractivity contribution in [2.24, 2.45) is 35.5 Å². The van der Waals surface area contributed by atoms with Gasteiger partial charge in [0.1, 0.15) is 0 Å². The van der Waals surface area contributed by atoms with Gasteiger partial charge < -0.3 is 0 Å². The van der Waals surface area contributed by atoms with Gasteiger partial charge in [0, 0.05) is 0 Å². The Labute approximate surface area is 96.1 Å². The highest BCUT2D eigenvalue weighted by molar-refractivity contribution is 9.25. The fourth-order valence-corrected chi connectivity index (χ4v) is 7.29. The smallest absolute Gasteiger partial charge is 0.0721 e. The fraction of sp³-hybridized carbons (Fsp3) is 1.00. The molecule has 4 atom stereocenters. The third kappa shape index (κ3) is 0.770.